The molecule has 23 heavy (non-hydrogen) atoms. The molecule has 118 valence electrons. The molecule has 1 N–H and O–H groups in total. The summed E-state index contributed by atoms with van der Waals surface area (Å²) >= 11 is 6.01. The van der Waals surface area contributed by atoms with Crippen LogP contribution < -0.4 is 5.32 Å². The SMILES string of the molecule is O=C(NCC(=O)N1CCc2ccc(Cl)cc2C1)c1ccccc1. The molecule has 0 bridgehead atoms. The molecule has 2 amide bonds. The van der Waals surface area contributed by atoms with Crippen molar-refractivity contribution >= 4 is 23.4 Å². The molecule has 0 radical (unpaired) electrons. The van der Waals surface area contributed by atoms with Crippen LogP contribution in [0.2, 0.25) is 5.02 Å². The van der Waals surface area contributed by atoms with Gasteiger partial charge in [0.05, 0.1) is 6.54 Å². The summed E-state index contributed by atoms with van der Waals surface area (Å²) in [4.78, 5) is 26.0. The van der Waals surface area contributed by atoms with Crippen LogP contribution in [0.1, 0.15) is 21.5 Å². The molecule has 0 aromatic heterocycles. The van der Waals surface area contributed by atoms with Crippen molar-refractivity contribution in [2.75, 3.05) is 13.1 Å². The van der Waals surface area contributed by atoms with Gasteiger partial charge in [0.1, 0.15) is 0 Å². The standard InChI is InChI=1S/C18H17ClN2O2/c19-16-7-6-13-8-9-21(12-15(13)10-16)17(22)11-20-18(23)14-4-2-1-3-5-14/h1-7,10H,8-9,11-12H2,(H,20,23). The summed E-state index contributed by atoms with van der Waals surface area (Å²) in [6.45, 7) is 1.20. The van der Waals surface area contributed by atoms with E-state index in [4.69, 9.17) is 11.6 Å². The lowest BCUT2D eigenvalue weighted by Gasteiger charge is -2.29. The van der Waals surface area contributed by atoms with Gasteiger partial charge in [-0.15, -0.1) is 0 Å². The van der Waals surface area contributed by atoms with Crippen LogP contribution >= 0.6 is 11.6 Å². The summed E-state index contributed by atoms with van der Waals surface area (Å²) in [7, 11) is 0. The van der Waals surface area contributed by atoms with Crippen LogP contribution in [0.5, 0.6) is 0 Å². The number of carbonyl (C=O) groups excluding carboxylic acids is 2. The van der Waals surface area contributed by atoms with E-state index in [0.717, 1.165) is 12.0 Å². The van der Waals surface area contributed by atoms with Gasteiger partial charge >= 0.3 is 0 Å². The number of halogens is 1. The molecule has 3 rings (SSSR count). The van der Waals surface area contributed by atoms with Crippen molar-refractivity contribution in [3.8, 4) is 0 Å². The van der Waals surface area contributed by atoms with E-state index in [9.17, 15) is 9.59 Å². The van der Waals surface area contributed by atoms with E-state index in [1.807, 2.05) is 24.3 Å². The lowest BCUT2D eigenvalue weighted by molar-refractivity contribution is -0.131. The van der Waals surface area contributed by atoms with Crippen molar-refractivity contribution in [3.05, 3.63) is 70.2 Å². The van der Waals surface area contributed by atoms with Crippen LogP contribution in [0.3, 0.4) is 0 Å². The minimum Gasteiger partial charge on any atom is -0.343 e. The first-order chi connectivity index (χ1) is 11.1. The van der Waals surface area contributed by atoms with Crippen molar-refractivity contribution in [2.45, 2.75) is 13.0 Å². The van der Waals surface area contributed by atoms with Crippen LogP contribution in [-0.4, -0.2) is 29.8 Å². The molecule has 1 heterocycles. The van der Waals surface area contributed by atoms with E-state index in [1.165, 1.54) is 5.56 Å². The van der Waals surface area contributed by atoms with Crippen molar-refractivity contribution in [2.24, 2.45) is 0 Å². The molecule has 1 aliphatic heterocycles. The third-order valence-electron chi connectivity index (χ3n) is 3.97. The predicted molar refractivity (Wildman–Crippen MR) is 89.3 cm³/mol. The Morgan fingerprint density at radius 1 is 1.09 bits per heavy atom. The molecule has 0 aliphatic carbocycles. The summed E-state index contributed by atoms with van der Waals surface area (Å²) in [5.74, 6) is -0.320. The number of rotatable bonds is 3. The van der Waals surface area contributed by atoms with Crippen LogP contribution in [0.4, 0.5) is 0 Å². The Bertz CT molecular complexity index is 731. The highest BCUT2D eigenvalue weighted by Crippen LogP contribution is 2.22. The fraction of sp³-hybridized carbons (Fsp3) is 0.222. The van der Waals surface area contributed by atoms with Gasteiger partial charge in [-0.3, -0.25) is 9.59 Å². The van der Waals surface area contributed by atoms with E-state index < -0.39 is 0 Å². The maximum absolute atomic E-state index is 12.3. The first kappa shape index (κ1) is 15.6. The summed E-state index contributed by atoms with van der Waals surface area (Å²) in [6, 6.07) is 14.7. The summed E-state index contributed by atoms with van der Waals surface area (Å²) < 4.78 is 0. The van der Waals surface area contributed by atoms with Crippen molar-refractivity contribution in [3.63, 3.8) is 0 Å². The minimum absolute atomic E-state index is 0.00360. The van der Waals surface area contributed by atoms with Gasteiger partial charge in [-0.05, 0) is 41.8 Å². The van der Waals surface area contributed by atoms with E-state index in [1.54, 1.807) is 29.2 Å². The van der Waals surface area contributed by atoms with Crippen molar-refractivity contribution in [1.29, 1.82) is 0 Å². The zero-order valence-electron chi connectivity index (χ0n) is 12.6. The predicted octanol–water partition coefficient (Wildman–Crippen LogP) is 2.65. The maximum Gasteiger partial charge on any atom is 0.251 e. The highest BCUT2D eigenvalue weighted by molar-refractivity contribution is 6.30. The van der Waals surface area contributed by atoms with E-state index in [2.05, 4.69) is 5.32 Å². The van der Waals surface area contributed by atoms with Gasteiger partial charge in [-0.1, -0.05) is 35.9 Å². The molecule has 0 saturated heterocycles. The third-order valence-corrected chi connectivity index (χ3v) is 4.20. The quantitative estimate of drug-likeness (QED) is 0.941. The van der Waals surface area contributed by atoms with Gasteiger partial charge in [-0.25, -0.2) is 0 Å². The van der Waals surface area contributed by atoms with E-state index in [-0.39, 0.29) is 18.4 Å². The summed E-state index contributed by atoms with van der Waals surface area (Å²) in [5, 5.41) is 3.35. The molecule has 0 atom stereocenters. The number of nitrogens with one attached hydrogen (secondary N) is 1. The number of amides is 2. The van der Waals surface area contributed by atoms with Gasteiger partial charge < -0.3 is 10.2 Å². The Kier molecular flexibility index (Phi) is 4.63. The molecule has 0 saturated carbocycles. The van der Waals surface area contributed by atoms with E-state index in [0.29, 0.717) is 23.7 Å². The number of hydrogen-bond donors (Lipinski definition) is 1. The van der Waals surface area contributed by atoms with Gasteiger partial charge in [0.15, 0.2) is 0 Å². The Balaban J connectivity index is 1.58. The lowest BCUT2D eigenvalue weighted by Crippen LogP contribution is -2.42. The van der Waals surface area contributed by atoms with Crippen molar-refractivity contribution < 1.29 is 9.59 Å². The maximum atomic E-state index is 12.3. The zero-order valence-corrected chi connectivity index (χ0v) is 13.3. The van der Waals surface area contributed by atoms with Crippen LogP contribution in [0.15, 0.2) is 48.5 Å². The second-order valence-corrected chi connectivity index (χ2v) is 5.96. The minimum atomic E-state index is -0.237. The van der Waals surface area contributed by atoms with Crippen LogP contribution in [0, 0.1) is 0 Å². The van der Waals surface area contributed by atoms with E-state index >= 15 is 0 Å². The summed E-state index contributed by atoms with van der Waals surface area (Å²) in [5.41, 5.74) is 2.86. The number of benzene rings is 2. The monoisotopic (exact) mass is 328 g/mol. The number of fused-ring (bicyclic) bond motifs is 1. The number of hydrogen-bond acceptors (Lipinski definition) is 2. The Labute approximate surface area is 140 Å². The van der Waals surface area contributed by atoms with Gasteiger partial charge in [-0.2, -0.15) is 0 Å². The highest BCUT2D eigenvalue weighted by Gasteiger charge is 2.21. The number of nitrogens with zero attached hydrogens (tertiary/aromatic N) is 1. The molecular weight excluding hydrogens is 312 g/mol. The van der Waals surface area contributed by atoms with Gasteiger partial charge in [0.25, 0.3) is 5.91 Å². The summed E-state index contributed by atoms with van der Waals surface area (Å²) in [6.07, 6.45) is 0.810. The smallest absolute Gasteiger partial charge is 0.251 e. The largest absolute Gasteiger partial charge is 0.343 e. The van der Waals surface area contributed by atoms with Gasteiger partial charge in [0, 0.05) is 23.7 Å². The molecule has 0 spiro atoms. The first-order valence-electron chi connectivity index (χ1n) is 7.52. The topological polar surface area (TPSA) is 49.4 Å². The Morgan fingerprint density at radius 2 is 1.87 bits per heavy atom. The second-order valence-electron chi connectivity index (χ2n) is 5.53. The van der Waals surface area contributed by atoms with Gasteiger partial charge in [0.2, 0.25) is 5.91 Å². The van der Waals surface area contributed by atoms with Crippen molar-refractivity contribution in [1.82, 2.24) is 10.2 Å². The first-order valence-corrected chi connectivity index (χ1v) is 7.89. The molecule has 0 unspecified atom stereocenters. The molecular formula is C18H17ClN2O2. The van der Waals surface area contributed by atoms with Crippen LogP contribution in [0.25, 0.3) is 0 Å². The Hall–Kier alpha value is -2.33. The highest BCUT2D eigenvalue weighted by atomic mass is 35.5. The average Bonchev–Trinajstić information content (AvgIpc) is 2.59. The molecule has 5 heteroatoms. The van der Waals surface area contributed by atoms with Crippen LogP contribution in [-0.2, 0) is 17.8 Å². The molecule has 4 nitrogen and oxygen atoms in total. The molecule has 0 fully saturated rings. The molecule has 1 aliphatic rings. The second kappa shape index (κ2) is 6.84. The normalized spacial score (nSPS) is 13.3. The fourth-order valence-electron chi connectivity index (χ4n) is 2.70. The third kappa shape index (κ3) is 3.71. The average molecular weight is 329 g/mol. The molecule has 2 aromatic rings. The Morgan fingerprint density at radius 3 is 2.65 bits per heavy atom. The lowest BCUT2D eigenvalue weighted by atomic mass is 10.00. The zero-order chi connectivity index (χ0) is 16.2. The number of carbonyl (C=O) groups is 2. The molecule has 2 aromatic carbocycles. The fourth-order valence-corrected chi connectivity index (χ4v) is 2.89.